The van der Waals surface area contributed by atoms with Gasteiger partial charge in [-0.2, -0.15) is 18.4 Å². The van der Waals surface area contributed by atoms with Crippen molar-refractivity contribution in [2.45, 2.75) is 25.8 Å². The van der Waals surface area contributed by atoms with Crippen molar-refractivity contribution in [2.75, 3.05) is 5.32 Å². The van der Waals surface area contributed by atoms with Crippen molar-refractivity contribution >= 4 is 32.9 Å². The maximum absolute atomic E-state index is 12.5. The summed E-state index contributed by atoms with van der Waals surface area (Å²) < 4.78 is 27.0. The molecule has 3 aromatic rings. The van der Waals surface area contributed by atoms with Crippen LogP contribution in [0.1, 0.15) is 17.2 Å². The number of anilines is 1. The summed E-state index contributed by atoms with van der Waals surface area (Å²) in [5.41, 5.74) is 1.20. The molecule has 0 aliphatic carbocycles. The lowest BCUT2D eigenvalue weighted by Gasteiger charge is -2.08. The largest absolute Gasteiger partial charge is 0.344 e. The van der Waals surface area contributed by atoms with Crippen molar-refractivity contribution in [3.8, 4) is 0 Å². The molecule has 25 heavy (non-hydrogen) atoms. The monoisotopic (exact) mass is 360 g/mol. The molecule has 3 rings (SSSR count). The fourth-order valence-electron chi connectivity index (χ4n) is 2.50. The van der Waals surface area contributed by atoms with Gasteiger partial charge in [-0.1, -0.05) is 18.2 Å². The Morgan fingerprint density at radius 2 is 1.68 bits per heavy atom. The van der Waals surface area contributed by atoms with Crippen molar-refractivity contribution in [3.63, 3.8) is 0 Å². The number of carbonyl (C=O) groups is 1. The predicted molar refractivity (Wildman–Crippen MR) is 91.7 cm³/mol. The summed E-state index contributed by atoms with van der Waals surface area (Å²) in [4.78, 5) is 26.7. The summed E-state index contributed by atoms with van der Waals surface area (Å²) in [5.74, 6) is 0.806. The lowest BCUT2D eigenvalue weighted by molar-refractivity contribution is 0.256. The average Bonchev–Trinajstić information content (AvgIpc) is 2.84. The molecule has 0 bridgehead atoms. The van der Waals surface area contributed by atoms with Gasteiger partial charge in [-0.25, -0.2) is 14.5 Å². The number of nitrogens with zero attached hydrogens (tertiary/aromatic N) is 3. The average molecular weight is 360 g/mol. The van der Waals surface area contributed by atoms with Gasteiger partial charge in [0.15, 0.2) is 5.03 Å². The molecule has 0 saturated carbocycles. The second-order valence-corrected chi connectivity index (χ2v) is 7.06. The highest BCUT2D eigenvalue weighted by molar-refractivity contribution is 7.90. The van der Waals surface area contributed by atoms with Crippen molar-refractivity contribution in [1.82, 2.24) is 24.7 Å². The molecular formula is C15H16N6O3S. The minimum atomic E-state index is -4.08. The predicted octanol–water partition coefficient (Wildman–Crippen LogP) is 1.79. The van der Waals surface area contributed by atoms with Gasteiger partial charge < -0.3 is 4.98 Å². The molecule has 10 heteroatoms. The number of hydrogen-bond acceptors (Lipinski definition) is 6. The van der Waals surface area contributed by atoms with Crippen LogP contribution in [-0.2, 0) is 10.0 Å². The molecule has 2 amide bonds. The maximum atomic E-state index is 12.5. The smallest absolute Gasteiger partial charge is 0.335 e. The molecule has 0 radical (unpaired) electrons. The number of aromatic amines is 1. The summed E-state index contributed by atoms with van der Waals surface area (Å²) in [6.45, 7) is 4.95. The normalized spacial score (nSPS) is 11.5. The summed E-state index contributed by atoms with van der Waals surface area (Å²) in [6.07, 6.45) is 0. The lowest BCUT2D eigenvalue weighted by atomic mass is 10.2. The fraction of sp³-hybridized carbons (Fsp3) is 0.200. The number of urea groups is 1. The second-order valence-electron chi connectivity index (χ2n) is 5.44. The summed E-state index contributed by atoms with van der Waals surface area (Å²) in [7, 11) is -4.08. The van der Waals surface area contributed by atoms with Gasteiger partial charge in [0.05, 0.1) is 0 Å². The highest BCUT2D eigenvalue weighted by Gasteiger charge is 2.23. The van der Waals surface area contributed by atoms with Crippen LogP contribution in [0.3, 0.4) is 0 Å². The Balaban J connectivity index is 1.85. The van der Waals surface area contributed by atoms with E-state index in [4.69, 9.17) is 0 Å². The highest BCUT2D eigenvalue weighted by atomic mass is 32.2. The minimum Gasteiger partial charge on any atom is -0.344 e. The zero-order chi connectivity index (χ0) is 18.2. The minimum absolute atomic E-state index is 0.0222. The number of fused-ring (bicyclic) bond motifs is 1. The van der Waals surface area contributed by atoms with Crippen molar-refractivity contribution in [1.29, 1.82) is 0 Å². The first-order chi connectivity index (χ1) is 11.8. The Morgan fingerprint density at radius 3 is 2.32 bits per heavy atom. The number of nitrogens with one attached hydrogen (secondary N) is 3. The molecule has 2 heterocycles. The summed E-state index contributed by atoms with van der Waals surface area (Å²) in [6, 6.07) is 6.21. The van der Waals surface area contributed by atoms with Gasteiger partial charge in [0.25, 0.3) is 10.0 Å². The number of sulfonamides is 1. The van der Waals surface area contributed by atoms with E-state index in [-0.39, 0.29) is 11.0 Å². The molecule has 0 saturated heterocycles. The van der Waals surface area contributed by atoms with Gasteiger partial charge in [-0.3, -0.25) is 5.32 Å². The van der Waals surface area contributed by atoms with E-state index < -0.39 is 16.1 Å². The molecule has 0 atom stereocenters. The van der Waals surface area contributed by atoms with Gasteiger partial charge in [-0.05, 0) is 32.4 Å². The molecular weight excluding hydrogens is 344 g/mol. The van der Waals surface area contributed by atoms with Gasteiger partial charge in [0, 0.05) is 10.9 Å². The van der Waals surface area contributed by atoms with Gasteiger partial charge in [0.2, 0.25) is 5.95 Å². The second kappa shape index (κ2) is 6.13. The molecule has 2 aromatic heterocycles. The van der Waals surface area contributed by atoms with Crippen LogP contribution in [0.25, 0.3) is 10.9 Å². The number of rotatable bonds is 3. The molecule has 9 nitrogen and oxygen atoms in total. The molecule has 0 spiro atoms. The number of amides is 2. The van der Waals surface area contributed by atoms with E-state index in [0.717, 1.165) is 5.39 Å². The van der Waals surface area contributed by atoms with Gasteiger partial charge >= 0.3 is 6.03 Å². The summed E-state index contributed by atoms with van der Waals surface area (Å²) in [5, 5.41) is 3.00. The van der Waals surface area contributed by atoms with Crippen molar-refractivity contribution < 1.29 is 13.2 Å². The standard InChI is InChI=1S/C15H16N6O3S/c1-8-11-6-4-5-7-12(11)19-13(8)25(23,24)21-15(22)20-14-17-9(2)16-10(3)18-14/h4-7,19H,1-3H3,(H2,16,17,18,20,21,22). The number of aromatic nitrogens is 4. The third-order valence-corrected chi connectivity index (χ3v) is 4.90. The number of carbonyl (C=O) groups excluding carboxylic acids is 1. The first kappa shape index (κ1) is 16.8. The quantitative estimate of drug-likeness (QED) is 0.653. The van der Waals surface area contributed by atoms with Crippen LogP contribution in [0.2, 0.25) is 0 Å². The Morgan fingerprint density at radius 1 is 1.04 bits per heavy atom. The number of H-pyrrole nitrogens is 1. The van der Waals surface area contributed by atoms with Crippen LogP contribution in [-0.4, -0.2) is 34.4 Å². The maximum Gasteiger partial charge on any atom is 0.335 e. The molecule has 0 fully saturated rings. The van der Waals surface area contributed by atoms with Crippen molar-refractivity contribution in [2.24, 2.45) is 0 Å². The van der Waals surface area contributed by atoms with Gasteiger partial charge in [0.1, 0.15) is 11.6 Å². The van der Waals surface area contributed by atoms with Crippen LogP contribution < -0.4 is 10.0 Å². The third kappa shape index (κ3) is 3.43. The first-order valence-electron chi connectivity index (χ1n) is 7.36. The number of hydrogen-bond donors (Lipinski definition) is 3. The Hall–Kier alpha value is -3.01. The Kier molecular flexibility index (Phi) is 4.13. The Labute approximate surface area is 144 Å². The fourth-order valence-corrected chi connectivity index (χ4v) is 3.65. The van der Waals surface area contributed by atoms with Crippen LogP contribution >= 0.6 is 0 Å². The number of benzene rings is 1. The van der Waals surface area contributed by atoms with E-state index in [0.29, 0.717) is 22.7 Å². The first-order valence-corrected chi connectivity index (χ1v) is 8.85. The van der Waals surface area contributed by atoms with Crippen LogP contribution in [0.15, 0.2) is 29.3 Å². The van der Waals surface area contributed by atoms with E-state index in [1.165, 1.54) is 0 Å². The molecule has 0 aliphatic heterocycles. The molecule has 3 N–H and O–H groups in total. The third-order valence-electron chi connectivity index (χ3n) is 3.50. The van der Waals surface area contributed by atoms with E-state index in [9.17, 15) is 13.2 Å². The zero-order valence-corrected chi connectivity index (χ0v) is 14.6. The van der Waals surface area contributed by atoms with Crippen molar-refractivity contribution in [3.05, 3.63) is 41.5 Å². The van der Waals surface area contributed by atoms with Crippen LogP contribution in [0, 0.1) is 20.8 Å². The van der Waals surface area contributed by atoms with E-state index in [1.54, 1.807) is 39.0 Å². The molecule has 0 aliphatic rings. The molecule has 130 valence electrons. The highest BCUT2D eigenvalue weighted by Crippen LogP contribution is 2.24. The van der Waals surface area contributed by atoms with Gasteiger partial charge in [-0.15, -0.1) is 0 Å². The summed E-state index contributed by atoms with van der Waals surface area (Å²) >= 11 is 0. The number of aryl methyl sites for hydroxylation is 3. The van der Waals surface area contributed by atoms with Crippen LogP contribution in [0.5, 0.6) is 0 Å². The molecule has 0 unspecified atom stereocenters. The van der Waals surface area contributed by atoms with Crippen LogP contribution in [0.4, 0.5) is 10.7 Å². The van der Waals surface area contributed by atoms with E-state index in [2.05, 4.69) is 25.3 Å². The Bertz CT molecular complexity index is 1050. The zero-order valence-electron chi connectivity index (χ0n) is 13.8. The number of para-hydroxylation sites is 1. The van der Waals surface area contributed by atoms with E-state index in [1.807, 2.05) is 10.8 Å². The lowest BCUT2D eigenvalue weighted by Crippen LogP contribution is -2.35. The molecule has 1 aromatic carbocycles. The topological polar surface area (TPSA) is 130 Å². The SMILES string of the molecule is Cc1nc(C)nc(NC(=O)NS(=O)(=O)c2[nH]c3ccccc3c2C)n1. The van der Waals surface area contributed by atoms with E-state index >= 15 is 0 Å².